The number of aliphatic hydroxyl groups is 1. The summed E-state index contributed by atoms with van der Waals surface area (Å²) in [6.45, 7) is 5.04. The van der Waals surface area contributed by atoms with Crippen molar-refractivity contribution in [1.29, 1.82) is 0 Å². The minimum absolute atomic E-state index is 0.0203. The summed E-state index contributed by atoms with van der Waals surface area (Å²) in [5.74, 6) is 7.78. The number of hydrogen-bond donors (Lipinski definition) is 3. The third kappa shape index (κ3) is 8.85. The van der Waals surface area contributed by atoms with Gasteiger partial charge in [-0.1, -0.05) is 32.0 Å². The van der Waals surface area contributed by atoms with Crippen LogP contribution in [-0.2, 0) is 5.41 Å². The number of hydrogen-bond acceptors (Lipinski definition) is 7. The zero-order chi connectivity index (χ0) is 25.1. The largest absolute Gasteiger partial charge is 0.492 e. The van der Waals surface area contributed by atoms with Crippen LogP contribution in [0, 0.1) is 0 Å². The minimum atomic E-state index is -0.842. The van der Waals surface area contributed by atoms with E-state index in [0.717, 1.165) is 27.8 Å². The quantitative estimate of drug-likeness (QED) is 0.124. The fourth-order valence-electron chi connectivity index (χ4n) is 3.23. The maximum absolute atomic E-state index is 12.2. The molecule has 6 nitrogen and oxygen atoms in total. The van der Waals surface area contributed by atoms with E-state index in [1.165, 1.54) is 11.2 Å². The topological polar surface area (TPSA) is 94.0 Å². The Morgan fingerprint density at radius 2 is 1.91 bits per heavy atom. The molecule has 34 heavy (non-hydrogen) atoms. The van der Waals surface area contributed by atoms with Gasteiger partial charge in [0, 0.05) is 23.2 Å². The highest BCUT2D eigenvalue weighted by atomic mass is 79.9. The number of benzene rings is 2. The number of nitrogens with zero attached hydrogens (tertiary/aromatic N) is 1. The number of rotatable bonds is 14. The van der Waals surface area contributed by atoms with Gasteiger partial charge < -0.3 is 25.3 Å². The molecule has 2 rings (SSSR count). The second kappa shape index (κ2) is 14.0. The zero-order valence-corrected chi connectivity index (χ0v) is 22.5. The van der Waals surface area contributed by atoms with Crippen LogP contribution >= 0.6 is 39.7 Å². The Morgan fingerprint density at radius 1 is 1.24 bits per heavy atom. The molecule has 0 heterocycles. The fourth-order valence-corrected chi connectivity index (χ4v) is 4.04. The highest BCUT2D eigenvalue weighted by Gasteiger charge is 2.24. The van der Waals surface area contributed by atoms with Gasteiger partial charge in [0.15, 0.2) is 0 Å². The van der Waals surface area contributed by atoms with Crippen LogP contribution in [0.2, 0.25) is 0 Å². The second-order valence-corrected chi connectivity index (χ2v) is 10.0. The van der Waals surface area contributed by atoms with Crippen molar-refractivity contribution in [2.75, 3.05) is 31.4 Å². The van der Waals surface area contributed by atoms with Crippen molar-refractivity contribution in [2.45, 2.75) is 31.8 Å². The molecule has 0 amide bonds. The van der Waals surface area contributed by atoms with Gasteiger partial charge >= 0.3 is 0 Å². The third-order valence-corrected chi connectivity index (χ3v) is 6.51. The SMILES string of the molecule is CC(C)(c1ccc(OC[C@H](O)CN(N)/C=C(\N)CSF)cc1)c1ccc(OCCCCl)c(Br)c1. The predicted octanol–water partition coefficient (Wildman–Crippen LogP) is 5.12. The van der Waals surface area contributed by atoms with Crippen molar-refractivity contribution in [3.63, 3.8) is 0 Å². The highest BCUT2D eigenvalue weighted by molar-refractivity contribution is 9.10. The molecule has 0 aliphatic rings. The molecule has 0 unspecified atom stereocenters. The van der Waals surface area contributed by atoms with Crippen LogP contribution in [-0.4, -0.2) is 47.6 Å². The molecule has 1 atom stereocenters. The summed E-state index contributed by atoms with van der Waals surface area (Å²) in [5, 5.41) is 11.4. The van der Waals surface area contributed by atoms with Crippen LogP contribution in [0.4, 0.5) is 3.89 Å². The lowest BCUT2D eigenvalue weighted by Gasteiger charge is -2.27. The van der Waals surface area contributed by atoms with Crippen molar-refractivity contribution in [3.8, 4) is 11.5 Å². The van der Waals surface area contributed by atoms with E-state index in [1.807, 2.05) is 30.3 Å². The van der Waals surface area contributed by atoms with Gasteiger partial charge in [0.2, 0.25) is 0 Å². The molecule has 0 fully saturated rings. The molecule has 2 aromatic carbocycles. The lowest BCUT2D eigenvalue weighted by atomic mass is 9.78. The van der Waals surface area contributed by atoms with Gasteiger partial charge in [-0.25, -0.2) is 5.84 Å². The number of aliphatic hydroxyl groups excluding tert-OH is 1. The van der Waals surface area contributed by atoms with E-state index < -0.39 is 6.10 Å². The van der Waals surface area contributed by atoms with Gasteiger partial charge in [-0.3, -0.25) is 0 Å². The van der Waals surface area contributed by atoms with Crippen molar-refractivity contribution >= 4 is 39.7 Å². The summed E-state index contributed by atoms with van der Waals surface area (Å²) in [7, 11) is 0. The molecule has 0 saturated carbocycles. The Hall–Kier alpha value is -1.65. The summed E-state index contributed by atoms with van der Waals surface area (Å²) in [5.41, 5.74) is 7.89. The molecular weight excluding hydrogens is 545 g/mol. The Balaban J connectivity index is 1.96. The molecule has 0 aromatic heterocycles. The highest BCUT2D eigenvalue weighted by Crippen LogP contribution is 2.36. The van der Waals surface area contributed by atoms with Crippen LogP contribution < -0.4 is 21.1 Å². The predicted molar refractivity (Wildman–Crippen MR) is 142 cm³/mol. The first kappa shape index (κ1) is 28.6. The van der Waals surface area contributed by atoms with Gasteiger partial charge in [-0.05, 0) is 57.7 Å². The van der Waals surface area contributed by atoms with E-state index in [9.17, 15) is 8.99 Å². The Kier molecular flexibility index (Phi) is 11.8. The summed E-state index contributed by atoms with van der Waals surface area (Å²) in [4.78, 5) is 0. The van der Waals surface area contributed by atoms with Gasteiger partial charge in [-0.15, -0.1) is 11.6 Å². The summed E-state index contributed by atoms with van der Waals surface area (Å²) in [6, 6.07) is 13.9. The maximum Gasteiger partial charge on any atom is 0.133 e. The third-order valence-electron chi connectivity index (χ3n) is 5.18. The van der Waals surface area contributed by atoms with Crippen LogP contribution in [0.25, 0.3) is 0 Å². The molecule has 2 aromatic rings. The van der Waals surface area contributed by atoms with Crippen molar-refractivity contribution in [3.05, 3.63) is 70.0 Å². The molecule has 0 saturated heterocycles. The average Bonchev–Trinajstić information content (AvgIpc) is 2.79. The van der Waals surface area contributed by atoms with Crippen LogP contribution in [0.5, 0.6) is 11.5 Å². The standard InChI is InChI=1S/C24H32BrClFN3O3S/c1-24(2,18-6-9-23(22(25)12-18)32-11-3-10-26)17-4-7-21(8-5-17)33-15-20(31)14-30(29)13-19(28)16-34-27/h4-9,12-13,20,31H,3,10-11,14-16,28-29H2,1-2H3/b19-13-/t20-/m1/s1. The monoisotopic (exact) mass is 575 g/mol. The number of halogens is 3. The van der Waals surface area contributed by atoms with Crippen molar-refractivity contribution in [2.24, 2.45) is 11.6 Å². The molecule has 0 aliphatic carbocycles. The molecule has 10 heteroatoms. The van der Waals surface area contributed by atoms with Crippen LogP contribution in [0.1, 0.15) is 31.4 Å². The van der Waals surface area contributed by atoms with Crippen LogP contribution in [0.3, 0.4) is 0 Å². The number of ether oxygens (including phenoxy) is 2. The van der Waals surface area contributed by atoms with E-state index in [2.05, 4.69) is 41.9 Å². The van der Waals surface area contributed by atoms with Gasteiger partial charge in [-0.2, -0.15) is 3.89 Å². The van der Waals surface area contributed by atoms with Crippen molar-refractivity contribution in [1.82, 2.24) is 5.01 Å². The first-order valence-electron chi connectivity index (χ1n) is 10.8. The van der Waals surface area contributed by atoms with Crippen LogP contribution in [0.15, 0.2) is 58.8 Å². The molecule has 188 valence electrons. The van der Waals surface area contributed by atoms with Crippen molar-refractivity contribution < 1.29 is 18.5 Å². The number of hydrazine groups is 1. The van der Waals surface area contributed by atoms with Gasteiger partial charge in [0.1, 0.15) is 24.2 Å². The minimum Gasteiger partial charge on any atom is -0.492 e. The molecule has 0 bridgehead atoms. The lowest BCUT2D eigenvalue weighted by molar-refractivity contribution is 0.0817. The fraction of sp³-hybridized carbons (Fsp3) is 0.417. The average molecular weight is 577 g/mol. The maximum atomic E-state index is 12.2. The van der Waals surface area contributed by atoms with E-state index in [0.29, 0.717) is 18.2 Å². The van der Waals surface area contributed by atoms with E-state index >= 15 is 0 Å². The number of nitrogens with two attached hydrogens (primary N) is 2. The lowest BCUT2D eigenvalue weighted by Crippen LogP contribution is -2.37. The Labute approximate surface area is 218 Å². The van der Waals surface area contributed by atoms with E-state index in [4.69, 9.17) is 32.7 Å². The molecule has 0 aliphatic heterocycles. The number of alkyl halides is 1. The molecule has 0 spiro atoms. The first-order valence-corrected chi connectivity index (χ1v) is 13.0. The summed E-state index contributed by atoms with van der Waals surface area (Å²) >= 11 is 9.43. The zero-order valence-electron chi connectivity index (χ0n) is 19.3. The summed E-state index contributed by atoms with van der Waals surface area (Å²) in [6.07, 6.45) is 1.34. The van der Waals surface area contributed by atoms with Gasteiger partial charge in [0.25, 0.3) is 0 Å². The van der Waals surface area contributed by atoms with E-state index in [1.54, 1.807) is 0 Å². The molecule has 0 radical (unpaired) electrons. The Bertz CT molecular complexity index is 934. The second-order valence-electron chi connectivity index (χ2n) is 8.30. The Morgan fingerprint density at radius 3 is 2.53 bits per heavy atom. The smallest absolute Gasteiger partial charge is 0.133 e. The first-order chi connectivity index (χ1) is 16.2. The molecule has 5 N–H and O–H groups in total. The van der Waals surface area contributed by atoms with E-state index in [-0.39, 0.29) is 42.2 Å². The van der Waals surface area contributed by atoms with Gasteiger partial charge in [0.05, 0.1) is 35.5 Å². The summed E-state index contributed by atoms with van der Waals surface area (Å²) < 4.78 is 24.6. The normalized spacial score (nSPS) is 13.0. The molecular formula is C24H32BrClFN3O3S.